The molecular weight excluding hydrogens is 277 g/mol. The van der Waals surface area contributed by atoms with Crippen molar-refractivity contribution in [2.75, 3.05) is 5.32 Å². The van der Waals surface area contributed by atoms with Crippen LogP contribution in [0.3, 0.4) is 0 Å². The largest absolute Gasteiger partial charge is 0.466 e. The highest BCUT2D eigenvalue weighted by Crippen LogP contribution is 2.19. The summed E-state index contributed by atoms with van der Waals surface area (Å²) in [5.74, 6) is -0.322. The van der Waals surface area contributed by atoms with E-state index in [-0.39, 0.29) is 17.1 Å². The van der Waals surface area contributed by atoms with Gasteiger partial charge in [-0.3, -0.25) is 4.79 Å². The highest BCUT2D eigenvalue weighted by molar-refractivity contribution is 6.05. The minimum atomic E-state index is -0.690. The molecule has 2 rings (SSSR count). The molecule has 0 saturated heterocycles. The van der Waals surface area contributed by atoms with Gasteiger partial charge in [-0.25, -0.2) is 4.39 Å². The Kier molecular flexibility index (Phi) is 3.93. The molecule has 0 aliphatic carbocycles. The van der Waals surface area contributed by atoms with E-state index < -0.39 is 11.7 Å². The van der Waals surface area contributed by atoms with Gasteiger partial charge in [0.2, 0.25) is 0 Å². The lowest BCUT2D eigenvalue weighted by atomic mass is 10.1. The Morgan fingerprint density at radius 3 is 2.62 bits per heavy atom. The number of carbonyl (C=O) groups excluding carboxylic acids is 1. The molecule has 0 spiro atoms. The Balaban J connectivity index is 2.24. The third-order valence-electron chi connectivity index (χ3n) is 2.91. The summed E-state index contributed by atoms with van der Waals surface area (Å²) in [5, 5.41) is 13.8. The Morgan fingerprint density at radius 2 is 2.10 bits per heavy atom. The van der Waals surface area contributed by atoms with Crippen LogP contribution >= 0.6 is 0 Å². The fourth-order valence-electron chi connectivity index (χ4n) is 1.88. The zero-order chi connectivity index (χ0) is 15.6. The van der Waals surface area contributed by atoms with Crippen molar-refractivity contribution < 1.29 is 18.8 Å². The Hall–Kier alpha value is -2.83. The minimum Gasteiger partial charge on any atom is -0.466 e. The molecule has 0 radical (unpaired) electrons. The first-order chi connectivity index (χ1) is 9.92. The van der Waals surface area contributed by atoms with Crippen LogP contribution in [0, 0.1) is 19.7 Å². The number of hydrogen-bond donors (Lipinski definition) is 3. The van der Waals surface area contributed by atoms with Crippen molar-refractivity contribution in [1.82, 2.24) is 0 Å². The number of hydrogen-bond acceptors (Lipinski definition) is 4. The van der Waals surface area contributed by atoms with Crippen molar-refractivity contribution in [3.63, 3.8) is 0 Å². The van der Waals surface area contributed by atoms with Crippen LogP contribution in [-0.4, -0.2) is 17.0 Å². The van der Waals surface area contributed by atoms with Gasteiger partial charge in [-0.15, -0.1) is 0 Å². The Labute approximate surface area is 120 Å². The van der Waals surface area contributed by atoms with Gasteiger partial charge in [0.1, 0.15) is 17.3 Å². The number of aryl methyl sites for hydroxylation is 2. The highest BCUT2D eigenvalue weighted by atomic mass is 19.1. The van der Waals surface area contributed by atoms with E-state index in [1.165, 1.54) is 12.1 Å². The summed E-state index contributed by atoms with van der Waals surface area (Å²) in [6.45, 7) is 3.37. The fraction of sp³-hybridized carbons (Fsp3) is 0.143. The first-order valence-corrected chi connectivity index (χ1v) is 6.08. The minimum absolute atomic E-state index is 0.00672. The van der Waals surface area contributed by atoms with Crippen LogP contribution in [0.4, 0.5) is 10.1 Å². The summed E-state index contributed by atoms with van der Waals surface area (Å²) in [4.78, 5) is 12.0. The zero-order valence-corrected chi connectivity index (χ0v) is 11.5. The van der Waals surface area contributed by atoms with Gasteiger partial charge in [0, 0.05) is 5.56 Å². The number of nitrogens with one attached hydrogen (secondary N) is 1. The maximum absolute atomic E-state index is 13.9. The molecule has 4 N–H and O–H groups in total. The van der Waals surface area contributed by atoms with Crippen LogP contribution in [0.1, 0.15) is 27.4 Å². The molecule has 0 unspecified atom stereocenters. The standard InChI is InChI=1S/C14H14FN3O3/c1-7-5-10(8(2)21-7)14(19)17-12-4-3-9(6-11(12)15)13(16)18-20/h3-6,20H,1-2H3,(H2,16,18)(H,17,19). The van der Waals surface area contributed by atoms with Crippen LogP contribution in [-0.2, 0) is 0 Å². The van der Waals surface area contributed by atoms with Crippen LogP contribution in [0.15, 0.2) is 33.8 Å². The molecule has 1 amide bonds. The SMILES string of the molecule is Cc1cc(C(=O)Nc2ccc(/C(N)=N/O)cc2F)c(C)o1. The van der Waals surface area contributed by atoms with E-state index in [1.807, 2.05) is 0 Å². The van der Waals surface area contributed by atoms with Gasteiger partial charge in [0.05, 0.1) is 11.3 Å². The summed E-state index contributed by atoms with van der Waals surface area (Å²) in [6, 6.07) is 5.41. The molecule has 0 atom stereocenters. The summed E-state index contributed by atoms with van der Waals surface area (Å²) in [5.41, 5.74) is 5.91. The number of nitrogens with zero attached hydrogens (tertiary/aromatic N) is 1. The third kappa shape index (κ3) is 3.02. The smallest absolute Gasteiger partial charge is 0.259 e. The van der Waals surface area contributed by atoms with E-state index in [4.69, 9.17) is 15.4 Å². The van der Waals surface area contributed by atoms with Gasteiger partial charge in [0.25, 0.3) is 5.91 Å². The van der Waals surface area contributed by atoms with E-state index in [0.29, 0.717) is 17.1 Å². The second-order valence-corrected chi connectivity index (χ2v) is 4.46. The normalized spacial score (nSPS) is 11.5. The molecule has 2 aromatic rings. The predicted molar refractivity (Wildman–Crippen MR) is 75.0 cm³/mol. The number of carbonyl (C=O) groups is 1. The second kappa shape index (κ2) is 5.66. The Morgan fingerprint density at radius 1 is 1.38 bits per heavy atom. The van der Waals surface area contributed by atoms with Gasteiger partial charge in [0.15, 0.2) is 5.84 Å². The van der Waals surface area contributed by atoms with E-state index >= 15 is 0 Å². The van der Waals surface area contributed by atoms with Crippen molar-refractivity contribution in [3.8, 4) is 0 Å². The molecule has 0 saturated carbocycles. The number of amidine groups is 1. The number of anilines is 1. The molecule has 0 bridgehead atoms. The number of halogens is 1. The number of nitrogens with two attached hydrogens (primary N) is 1. The van der Waals surface area contributed by atoms with Crippen molar-refractivity contribution in [3.05, 3.63) is 52.7 Å². The lowest BCUT2D eigenvalue weighted by Crippen LogP contribution is -2.16. The van der Waals surface area contributed by atoms with Gasteiger partial charge in [-0.05, 0) is 38.1 Å². The molecule has 110 valence electrons. The maximum Gasteiger partial charge on any atom is 0.259 e. The van der Waals surface area contributed by atoms with Gasteiger partial charge in [-0.2, -0.15) is 0 Å². The maximum atomic E-state index is 13.9. The van der Waals surface area contributed by atoms with Crippen LogP contribution < -0.4 is 11.1 Å². The molecule has 7 heteroatoms. The number of furan rings is 1. The number of rotatable bonds is 3. The number of amides is 1. The quantitative estimate of drug-likeness (QED) is 0.350. The van der Waals surface area contributed by atoms with E-state index in [9.17, 15) is 9.18 Å². The second-order valence-electron chi connectivity index (χ2n) is 4.46. The summed E-state index contributed by atoms with van der Waals surface area (Å²) in [7, 11) is 0. The third-order valence-corrected chi connectivity index (χ3v) is 2.91. The monoisotopic (exact) mass is 291 g/mol. The van der Waals surface area contributed by atoms with E-state index in [0.717, 1.165) is 6.07 Å². The molecule has 0 aliphatic rings. The highest BCUT2D eigenvalue weighted by Gasteiger charge is 2.15. The van der Waals surface area contributed by atoms with Crippen molar-refractivity contribution >= 4 is 17.4 Å². The average molecular weight is 291 g/mol. The van der Waals surface area contributed by atoms with Gasteiger partial charge < -0.3 is 20.7 Å². The molecule has 1 aromatic carbocycles. The van der Waals surface area contributed by atoms with Gasteiger partial charge in [-0.1, -0.05) is 5.16 Å². The van der Waals surface area contributed by atoms with Crippen molar-refractivity contribution in [2.45, 2.75) is 13.8 Å². The first-order valence-electron chi connectivity index (χ1n) is 6.08. The summed E-state index contributed by atoms with van der Waals surface area (Å²) >= 11 is 0. The fourth-order valence-corrected chi connectivity index (χ4v) is 1.88. The lowest BCUT2D eigenvalue weighted by molar-refractivity contribution is 0.102. The molecule has 0 aliphatic heterocycles. The van der Waals surface area contributed by atoms with Crippen molar-refractivity contribution in [2.24, 2.45) is 10.9 Å². The molecular formula is C14H14FN3O3. The van der Waals surface area contributed by atoms with E-state index in [2.05, 4.69) is 10.5 Å². The van der Waals surface area contributed by atoms with Crippen LogP contribution in [0.25, 0.3) is 0 Å². The van der Waals surface area contributed by atoms with Crippen LogP contribution in [0.2, 0.25) is 0 Å². The van der Waals surface area contributed by atoms with Gasteiger partial charge >= 0.3 is 0 Å². The number of benzene rings is 1. The van der Waals surface area contributed by atoms with Crippen molar-refractivity contribution in [1.29, 1.82) is 0 Å². The molecule has 1 aromatic heterocycles. The molecule has 1 heterocycles. The topological polar surface area (TPSA) is 101 Å². The Bertz CT molecular complexity index is 722. The average Bonchev–Trinajstić information content (AvgIpc) is 2.79. The molecule has 21 heavy (non-hydrogen) atoms. The number of oxime groups is 1. The zero-order valence-electron chi connectivity index (χ0n) is 11.5. The van der Waals surface area contributed by atoms with Crippen LogP contribution in [0.5, 0.6) is 0 Å². The van der Waals surface area contributed by atoms with E-state index in [1.54, 1.807) is 19.9 Å². The summed E-state index contributed by atoms with van der Waals surface area (Å²) < 4.78 is 19.2. The molecule has 6 nitrogen and oxygen atoms in total. The molecule has 0 fully saturated rings. The summed E-state index contributed by atoms with van der Waals surface area (Å²) in [6.07, 6.45) is 0. The lowest BCUT2D eigenvalue weighted by Gasteiger charge is -2.07. The first kappa shape index (κ1) is 14.6. The predicted octanol–water partition coefficient (Wildman–Crippen LogP) is 2.38.